The maximum absolute atomic E-state index is 12.5. The molecule has 2 unspecified atom stereocenters. The Labute approximate surface area is 112 Å². The summed E-state index contributed by atoms with van der Waals surface area (Å²) in [5, 5.41) is 8.97. The van der Waals surface area contributed by atoms with Crippen molar-refractivity contribution in [2.75, 3.05) is 6.54 Å². The molecule has 6 nitrogen and oxygen atoms in total. The number of aryl methyl sites for hydroxylation is 1. The molecule has 2 rings (SSSR count). The van der Waals surface area contributed by atoms with Crippen molar-refractivity contribution in [1.82, 2.24) is 8.87 Å². The predicted octanol–water partition coefficient (Wildman–Crippen LogP) is 1.14. The Kier molecular flexibility index (Phi) is 3.44. The van der Waals surface area contributed by atoms with Crippen LogP contribution in [0.25, 0.3) is 0 Å². The van der Waals surface area contributed by atoms with Crippen molar-refractivity contribution in [1.29, 1.82) is 0 Å². The number of carbonyl (C=O) groups is 1. The molecule has 1 aliphatic rings. The van der Waals surface area contributed by atoms with Gasteiger partial charge in [0.25, 0.3) is 0 Å². The number of hydrogen-bond donors (Lipinski definition) is 1. The molecule has 0 saturated carbocycles. The molecule has 1 aromatic heterocycles. The van der Waals surface area contributed by atoms with Crippen LogP contribution in [-0.4, -0.2) is 41.0 Å². The number of nitrogens with zero attached hydrogens (tertiary/aromatic N) is 2. The lowest BCUT2D eigenvalue weighted by Crippen LogP contribution is -2.33. The minimum absolute atomic E-state index is 0.0292. The van der Waals surface area contributed by atoms with Gasteiger partial charge in [-0.05, 0) is 25.3 Å². The molecule has 1 N–H and O–H groups in total. The first kappa shape index (κ1) is 14.1. The summed E-state index contributed by atoms with van der Waals surface area (Å²) >= 11 is 0. The number of carboxylic acids is 1. The average Bonchev–Trinajstić information content (AvgIpc) is 2.82. The molecule has 106 valence electrons. The fourth-order valence-corrected chi connectivity index (χ4v) is 4.45. The van der Waals surface area contributed by atoms with Gasteiger partial charge >= 0.3 is 5.97 Å². The van der Waals surface area contributed by atoms with Crippen LogP contribution in [0, 0.1) is 5.92 Å². The predicted molar refractivity (Wildman–Crippen MR) is 69.5 cm³/mol. The SMILES string of the molecule is CC1CC(C)N(S(=O)(=O)c2cc(C(=O)O)n(C)c2)C1. The summed E-state index contributed by atoms with van der Waals surface area (Å²) in [5.74, 6) is -0.806. The van der Waals surface area contributed by atoms with Gasteiger partial charge in [0.05, 0.1) is 0 Å². The standard InChI is InChI=1S/C12H18N2O4S/c1-8-4-9(2)14(6-8)19(17,18)10-5-11(12(15)16)13(3)7-10/h5,7-9H,4,6H2,1-3H3,(H,15,16). The van der Waals surface area contributed by atoms with Crippen LogP contribution in [-0.2, 0) is 17.1 Å². The smallest absolute Gasteiger partial charge is 0.352 e. The summed E-state index contributed by atoms with van der Waals surface area (Å²) in [7, 11) is -2.08. The first-order valence-corrected chi connectivity index (χ1v) is 7.59. The third kappa shape index (κ3) is 2.40. The molecule has 1 saturated heterocycles. The van der Waals surface area contributed by atoms with Gasteiger partial charge in [0.15, 0.2) is 0 Å². The molecule has 2 atom stereocenters. The molecule has 0 spiro atoms. The normalized spacial score (nSPS) is 24.8. The van der Waals surface area contributed by atoms with E-state index in [0.29, 0.717) is 12.5 Å². The van der Waals surface area contributed by atoms with Gasteiger partial charge in [-0.1, -0.05) is 6.92 Å². The minimum atomic E-state index is -3.61. The molecule has 0 amide bonds. The van der Waals surface area contributed by atoms with Crippen LogP contribution in [0.1, 0.15) is 30.8 Å². The van der Waals surface area contributed by atoms with E-state index in [4.69, 9.17) is 5.11 Å². The maximum atomic E-state index is 12.5. The van der Waals surface area contributed by atoms with Crippen molar-refractivity contribution >= 4 is 16.0 Å². The third-order valence-corrected chi connectivity index (χ3v) is 5.48. The third-order valence-electron chi connectivity index (χ3n) is 3.53. The highest BCUT2D eigenvalue weighted by atomic mass is 32.2. The van der Waals surface area contributed by atoms with E-state index < -0.39 is 16.0 Å². The zero-order chi connectivity index (χ0) is 14.4. The summed E-state index contributed by atoms with van der Waals surface area (Å²) < 4.78 is 27.8. The summed E-state index contributed by atoms with van der Waals surface area (Å²) in [6.07, 6.45) is 2.19. The van der Waals surface area contributed by atoms with Gasteiger partial charge in [-0.25, -0.2) is 13.2 Å². The van der Waals surface area contributed by atoms with E-state index in [0.717, 1.165) is 6.42 Å². The molecule has 0 radical (unpaired) electrons. The lowest BCUT2D eigenvalue weighted by atomic mass is 10.1. The number of rotatable bonds is 3. The van der Waals surface area contributed by atoms with Crippen molar-refractivity contribution in [2.45, 2.75) is 31.2 Å². The quantitative estimate of drug-likeness (QED) is 0.903. The monoisotopic (exact) mass is 286 g/mol. The highest BCUT2D eigenvalue weighted by Gasteiger charge is 2.37. The zero-order valence-electron chi connectivity index (χ0n) is 11.2. The molecular weight excluding hydrogens is 268 g/mol. The molecule has 7 heteroatoms. The fraction of sp³-hybridized carbons (Fsp3) is 0.583. The average molecular weight is 286 g/mol. The first-order valence-electron chi connectivity index (χ1n) is 6.15. The Morgan fingerprint density at radius 2 is 2.05 bits per heavy atom. The van der Waals surface area contributed by atoms with E-state index in [1.54, 1.807) is 0 Å². The Morgan fingerprint density at radius 3 is 2.47 bits per heavy atom. The van der Waals surface area contributed by atoms with Crippen LogP contribution in [0.4, 0.5) is 0 Å². The largest absolute Gasteiger partial charge is 0.477 e. The van der Waals surface area contributed by atoms with Crippen LogP contribution in [0.2, 0.25) is 0 Å². The Morgan fingerprint density at radius 1 is 1.42 bits per heavy atom. The molecule has 0 aliphatic carbocycles. The minimum Gasteiger partial charge on any atom is -0.477 e. The molecule has 1 aromatic rings. The van der Waals surface area contributed by atoms with Crippen molar-refractivity contribution < 1.29 is 18.3 Å². The first-order chi connectivity index (χ1) is 8.73. The summed E-state index contributed by atoms with van der Waals surface area (Å²) in [6.45, 7) is 4.38. The van der Waals surface area contributed by atoms with E-state index in [9.17, 15) is 13.2 Å². The number of aromatic carboxylic acids is 1. The van der Waals surface area contributed by atoms with Gasteiger partial charge in [0, 0.05) is 25.8 Å². The molecule has 19 heavy (non-hydrogen) atoms. The Bertz CT molecular complexity index is 605. The number of sulfonamides is 1. The molecule has 1 aliphatic heterocycles. The van der Waals surface area contributed by atoms with Gasteiger partial charge in [-0.2, -0.15) is 4.31 Å². The van der Waals surface area contributed by atoms with E-state index in [1.807, 2.05) is 13.8 Å². The fourth-order valence-electron chi connectivity index (χ4n) is 2.62. The molecule has 0 bridgehead atoms. The Hall–Kier alpha value is -1.34. The van der Waals surface area contributed by atoms with E-state index in [2.05, 4.69) is 0 Å². The second kappa shape index (κ2) is 4.64. The van der Waals surface area contributed by atoms with Crippen LogP contribution in [0.15, 0.2) is 17.2 Å². The van der Waals surface area contributed by atoms with Crippen molar-refractivity contribution in [3.63, 3.8) is 0 Å². The summed E-state index contributed by atoms with van der Waals surface area (Å²) in [6, 6.07) is 1.17. The number of carboxylic acid groups (broad SMARTS) is 1. The summed E-state index contributed by atoms with van der Waals surface area (Å²) in [4.78, 5) is 11.0. The summed E-state index contributed by atoms with van der Waals surface area (Å²) in [5.41, 5.74) is -0.0292. The highest BCUT2D eigenvalue weighted by Crippen LogP contribution is 2.29. The number of hydrogen-bond acceptors (Lipinski definition) is 3. The molecular formula is C12H18N2O4S. The van der Waals surface area contributed by atoms with E-state index >= 15 is 0 Å². The van der Waals surface area contributed by atoms with Gasteiger partial charge in [0.2, 0.25) is 10.0 Å². The van der Waals surface area contributed by atoms with E-state index in [1.165, 1.54) is 28.2 Å². The van der Waals surface area contributed by atoms with Gasteiger partial charge in [-0.15, -0.1) is 0 Å². The van der Waals surface area contributed by atoms with Gasteiger partial charge in [0.1, 0.15) is 10.6 Å². The van der Waals surface area contributed by atoms with E-state index in [-0.39, 0.29) is 16.6 Å². The van der Waals surface area contributed by atoms with Crippen LogP contribution >= 0.6 is 0 Å². The number of aromatic nitrogens is 1. The molecule has 0 aromatic carbocycles. The van der Waals surface area contributed by atoms with Crippen molar-refractivity contribution in [3.05, 3.63) is 18.0 Å². The molecule has 1 fully saturated rings. The maximum Gasteiger partial charge on any atom is 0.352 e. The second-order valence-corrected chi connectivity index (χ2v) is 7.13. The lowest BCUT2D eigenvalue weighted by molar-refractivity contribution is 0.0686. The van der Waals surface area contributed by atoms with Gasteiger partial charge in [-0.3, -0.25) is 0 Å². The van der Waals surface area contributed by atoms with Gasteiger partial charge < -0.3 is 9.67 Å². The Balaban J connectivity index is 2.40. The van der Waals surface area contributed by atoms with Crippen molar-refractivity contribution in [3.8, 4) is 0 Å². The topological polar surface area (TPSA) is 79.6 Å². The van der Waals surface area contributed by atoms with Crippen molar-refractivity contribution in [2.24, 2.45) is 13.0 Å². The van der Waals surface area contributed by atoms with Crippen LogP contribution < -0.4 is 0 Å². The zero-order valence-corrected chi connectivity index (χ0v) is 12.0. The molecule has 2 heterocycles. The highest BCUT2D eigenvalue weighted by molar-refractivity contribution is 7.89. The van der Waals surface area contributed by atoms with Crippen LogP contribution in [0.5, 0.6) is 0 Å². The van der Waals surface area contributed by atoms with Crippen LogP contribution in [0.3, 0.4) is 0 Å². The lowest BCUT2D eigenvalue weighted by Gasteiger charge is -2.20. The second-order valence-electron chi connectivity index (χ2n) is 5.24.